The van der Waals surface area contributed by atoms with Crippen molar-refractivity contribution in [2.75, 3.05) is 13.1 Å². The van der Waals surface area contributed by atoms with E-state index in [0.29, 0.717) is 25.1 Å². The standard InChI is InChI=1S/C22H27NO5S/c1-4-23(5-2)29(26,27)20-14-11-18(12-15-20)13-16-21(24)28-17(3)22(25)19-9-7-6-8-10-19/h6-12,14-15,17H,4-5,13,16H2,1-3H3. The number of ether oxygens (including phenoxy) is 1. The van der Waals surface area contributed by atoms with E-state index in [-0.39, 0.29) is 17.1 Å². The third-order valence-electron chi connectivity index (χ3n) is 4.62. The summed E-state index contributed by atoms with van der Waals surface area (Å²) in [6.07, 6.45) is -0.350. The molecule has 0 radical (unpaired) electrons. The molecule has 156 valence electrons. The van der Waals surface area contributed by atoms with Gasteiger partial charge in [-0.05, 0) is 31.0 Å². The second kappa shape index (κ2) is 10.3. The fourth-order valence-electron chi connectivity index (χ4n) is 2.93. The first kappa shape index (κ1) is 22.8. The molecule has 0 spiro atoms. The number of hydrogen-bond donors (Lipinski definition) is 0. The molecule has 0 aliphatic rings. The van der Waals surface area contributed by atoms with Crippen molar-refractivity contribution in [1.29, 1.82) is 0 Å². The van der Waals surface area contributed by atoms with Gasteiger partial charge in [-0.25, -0.2) is 8.42 Å². The van der Waals surface area contributed by atoms with Crippen LogP contribution in [0.25, 0.3) is 0 Å². The molecule has 2 aromatic carbocycles. The Morgan fingerprint density at radius 3 is 2.10 bits per heavy atom. The van der Waals surface area contributed by atoms with Crippen LogP contribution in [0.4, 0.5) is 0 Å². The minimum Gasteiger partial charge on any atom is -0.454 e. The first-order valence-corrected chi connectivity index (χ1v) is 11.1. The van der Waals surface area contributed by atoms with Crippen LogP contribution in [0.2, 0.25) is 0 Å². The van der Waals surface area contributed by atoms with Gasteiger partial charge in [0.15, 0.2) is 6.10 Å². The Bertz CT molecular complexity index is 919. The molecule has 0 aliphatic carbocycles. The number of rotatable bonds is 10. The number of carbonyl (C=O) groups excluding carboxylic acids is 2. The zero-order chi connectivity index (χ0) is 21.4. The van der Waals surface area contributed by atoms with E-state index in [4.69, 9.17) is 4.74 Å². The molecule has 0 amide bonds. The number of nitrogens with zero attached hydrogens (tertiary/aromatic N) is 1. The van der Waals surface area contributed by atoms with Crippen molar-refractivity contribution >= 4 is 21.8 Å². The highest BCUT2D eigenvalue weighted by atomic mass is 32.2. The molecule has 1 atom stereocenters. The molecule has 0 N–H and O–H groups in total. The van der Waals surface area contributed by atoms with Crippen LogP contribution in [0.15, 0.2) is 59.5 Å². The number of ketones is 1. The first-order valence-electron chi connectivity index (χ1n) is 9.67. The number of hydrogen-bond acceptors (Lipinski definition) is 5. The van der Waals surface area contributed by atoms with Crippen LogP contribution >= 0.6 is 0 Å². The largest absolute Gasteiger partial charge is 0.454 e. The SMILES string of the molecule is CCN(CC)S(=O)(=O)c1ccc(CCC(=O)OC(C)C(=O)c2ccccc2)cc1. The van der Waals surface area contributed by atoms with Gasteiger partial charge in [-0.2, -0.15) is 4.31 Å². The predicted octanol–water partition coefficient (Wildman–Crippen LogP) is 3.46. The highest BCUT2D eigenvalue weighted by Gasteiger charge is 2.22. The third kappa shape index (κ3) is 5.98. The van der Waals surface area contributed by atoms with Crippen molar-refractivity contribution in [1.82, 2.24) is 4.31 Å². The normalized spacial score (nSPS) is 12.6. The van der Waals surface area contributed by atoms with E-state index in [1.54, 1.807) is 69.3 Å². The van der Waals surface area contributed by atoms with Gasteiger partial charge in [-0.1, -0.05) is 56.3 Å². The fraction of sp³-hybridized carbons (Fsp3) is 0.364. The Morgan fingerprint density at radius 1 is 0.966 bits per heavy atom. The van der Waals surface area contributed by atoms with Gasteiger partial charge in [0, 0.05) is 25.1 Å². The van der Waals surface area contributed by atoms with Gasteiger partial charge in [-0.15, -0.1) is 0 Å². The van der Waals surface area contributed by atoms with E-state index in [1.807, 2.05) is 6.07 Å². The predicted molar refractivity (Wildman–Crippen MR) is 111 cm³/mol. The summed E-state index contributed by atoms with van der Waals surface area (Å²) >= 11 is 0. The van der Waals surface area contributed by atoms with Gasteiger partial charge >= 0.3 is 5.97 Å². The molecule has 0 aromatic heterocycles. The van der Waals surface area contributed by atoms with Crippen molar-refractivity contribution in [2.45, 2.75) is 44.6 Å². The number of esters is 1. The second-order valence-electron chi connectivity index (χ2n) is 6.60. The summed E-state index contributed by atoms with van der Waals surface area (Å²) in [7, 11) is -3.50. The Labute approximate surface area is 172 Å². The van der Waals surface area contributed by atoms with Crippen LogP contribution in [-0.4, -0.2) is 43.7 Å². The molecule has 2 aromatic rings. The summed E-state index contributed by atoms with van der Waals surface area (Å²) in [5, 5.41) is 0. The van der Waals surface area contributed by atoms with Crippen LogP contribution in [0.5, 0.6) is 0 Å². The monoisotopic (exact) mass is 417 g/mol. The molecule has 0 aliphatic heterocycles. The lowest BCUT2D eigenvalue weighted by Gasteiger charge is -2.18. The molecule has 0 heterocycles. The molecule has 29 heavy (non-hydrogen) atoms. The Hall–Kier alpha value is -2.51. The lowest BCUT2D eigenvalue weighted by Crippen LogP contribution is -2.30. The van der Waals surface area contributed by atoms with Gasteiger partial charge in [0.1, 0.15) is 0 Å². The number of carbonyl (C=O) groups is 2. The smallest absolute Gasteiger partial charge is 0.306 e. The highest BCUT2D eigenvalue weighted by molar-refractivity contribution is 7.89. The maximum atomic E-state index is 12.5. The van der Waals surface area contributed by atoms with Crippen molar-refractivity contribution in [3.8, 4) is 0 Å². The molecule has 6 nitrogen and oxygen atoms in total. The average Bonchev–Trinajstić information content (AvgIpc) is 2.73. The van der Waals surface area contributed by atoms with Crippen LogP contribution < -0.4 is 0 Å². The number of sulfonamides is 1. The molecule has 0 fully saturated rings. The number of Topliss-reactive ketones (excluding diaryl/α,β-unsaturated/α-hetero) is 1. The summed E-state index contributed by atoms with van der Waals surface area (Å²) in [6, 6.07) is 15.2. The zero-order valence-electron chi connectivity index (χ0n) is 17.0. The van der Waals surface area contributed by atoms with Gasteiger partial charge in [0.25, 0.3) is 0 Å². The highest BCUT2D eigenvalue weighted by Crippen LogP contribution is 2.17. The van der Waals surface area contributed by atoms with Crippen LogP contribution in [0.1, 0.15) is 43.1 Å². The van der Waals surface area contributed by atoms with E-state index < -0.39 is 22.1 Å². The van der Waals surface area contributed by atoms with Gasteiger partial charge < -0.3 is 4.74 Å². The number of benzene rings is 2. The molecular formula is C22H27NO5S. The summed E-state index contributed by atoms with van der Waals surface area (Å²) in [4.78, 5) is 24.6. The Kier molecular flexibility index (Phi) is 8.10. The molecule has 7 heteroatoms. The van der Waals surface area contributed by atoms with Crippen LogP contribution in [0, 0.1) is 0 Å². The van der Waals surface area contributed by atoms with Gasteiger partial charge in [0.2, 0.25) is 15.8 Å². The van der Waals surface area contributed by atoms with Crippen LogP contribution in [0.3, 0.4) is 0 Å². The minimum absolute atomic E-state index is 0.106. The molecule has 0 bridgehead atoms. The van der Waals surface area contributed by atoms with E-state index in [1.165, 1.54) is 4.31 Å². The lowest BCUT2D eigenvalue weighted by atomic mass is 10.1. The molecule has 1 unspecified atom stereocenters. The topological polar surface area (TPSA) is 80.8 Å². The quantitative estimate of drug-likeness (QED) is 0.437. The van der Waals surface area contributed by atoms with E-state index in [9.17, 15) is 18.0 Å². The molecular weight excluding hydrogens is 390 g/mol. The summed E-state index contributed by atoms with van der Waals surface area (Å²) in [5.41, 5.74) is 1.32. The fourth-order valence-corrected chi connectivity index (χ4v) is 4.39. The van der Waals surface area contributed by atoms with E-state index in [0.717, 1.165) is 5.56 Å². The Morgan fingerprint density at radius 2 is 1.55 bits per heavy atom. The molecule has 0 saturated carbocycles. The van der Waals surface area contributed by atoms with Crippen molar-refractivity contribution < 1.29 is 22.7 Å². The molecule has 0 saturated heterocycles. The third-order valence-corrected chi connectivity index (χ3v) is 6.68. The number of aryl methyl sites for hydroxylation is 1. The van der Waals surface area contributed by atoms with Gasteiger partial charge in [-0.3, -0.25) is 9.59 Å². The second-order valence-corrected chi connectivity index (χ2v) is 8.53. The van der Waals surface area contributed by atoms with Crippen molar-refractivity contribution in [3.63, 3.8) is 0 Å². The maximum Gasteiger partial charge on any atom is 0.306 e. The lowest BCUT2D eigenvalue weighted by molar-refractivity contribution is -0.146. The van der Waals surface area contributed by atoms with Crippen LogP contribution in [-0.2, 0) is 26.0 Å². The van der Waals surface area contributed by atoms with E-state index in [2.05, 4.69) is 0 Å². The average molecular weight is 418 g/mol. The van der Waals surface area contributed by atoms with E-state index >= 15 is 0 Å². The Balaban J connectivity index is 1.91. The maximum absolute atomic E-state index is 12.5. The zero-order valence-corrected chi connectivity index (χ0v) is 17.8. The molecule has 2 rings (SSSR count). The summed E-state index contributed by atoms with van der Waals surface area (Å²) < 4.78 is 31.6. The van der Waals surface area contributed by atoms with Crippen molar-refractivity contribution in [3.05, 3.63) is 65.7 Å². The van der Waals surface area contributed by atoms with Gasteiger partial charge in [0.05, 0.1) is 4.90 Å². The summed E-state index contributed by atoms with van der Waals surface area (Å²) in [5.74, 6) is -0.716. The summed E-state index contributed by atoms with van der Waals surface area (Å²) in [6.45, 7) is 5.97. The minimum atomic E-state index is -3.50. The first-order chi connectivity index (χ1) is 13.8. The van der Waals surface area contributed by atoms with Crippen molar-refractivity contribution in [2.24, 2.45) is 0 Å².